The zero-order chi connectivity index (χ0) is 9.30. The van der Waals surface area contributed by atoms with E-state index in [1.54, 1.807) is 0 Å². The van der Waals surface area contributed by atoms with Crippen LogP contribution in [0.1, 0.15) is 10.5 Å². The lowest BCUT2D eigenvalue weighted by atomic mass is 10.3. The molecule has 6 heteroatoms. The van der Waals surface area contributed by atoms with Gasteiger partial charge in [-0.05, 0) is 6.07 Å². The summed E-state index contributed by atoms with van der Waals surface area (Å²) in [6.07, 6.45) is 0. The number of halogens is 2. The first-order valence-electron chi connectivity index (χ1n) is 2.80. The first kappa shape index (κ1) is 9.09. The summed E-state index contributed by atoms with van der Waals surface area (Å²) in [6, 6.07) is 1.16. The van der Waals surface area contributed by atoms with Gasteiger partial charge in [0.1, 0.15) is 5.15 Å². The third-order valence-electron chi connectivity index (χ3n) is 1.12. The molecule has 1 aromatic heterocycles. The molecule has 0 aliphatic rings. The summed E-state index contributed by atoms with van der Waals surface area (Å²) in [6.45, 7) is 0. The van der Waals surface area contributed by atoms with Crippen LogP contribution in [0.3, 0.4) is 0 Å². The van der Waals surface area contributed by atoms with Gasteiger partial charge >= 0.3 is 5.97 Å². The number of aromatic carboxylic acids is 1. The maximum Gasteiger partial charge on any atom is 0.358 e. The van der Waals surface area contributed by atoms with Gasteiger partial charge in [-0.15, -0.1) is 0 Å². The number of carboxylic acids is 1. The topological polar surface area (TPSA) is 70.4 Å². The van der Waals surface area contributed by atoms with Crippen molar-refractivity contribution < 1.29 is 15.0 Å². The van der Waals surface area contributed by atoms with Crippen LogP contribution < -0.4 is 0 Å². The van der Waals surface area contributed by atoms with Gasteiger partial charge in [0, 0.05) is 0 Å². The lowest BCUT2D eigenvalue weighted by molar-refractivity contribution is 0.0687. The Morgan fingerprint density at radius 3 is 2.58 bits per heavy atom. The minimum atomic E-state index is -1.38. The molecule has 1 heterocycles. The summed E-state index contributed by atoms with van der Waals surface area (Å²) in [5.74, 6) is -1.95. The molecule has 0 atom stereocenters. The molecule has 0 radical (unpaired) electrons. The number of carbonyl (C=O) groups is 1. The van der Waals surface area contributed by atoms with Crippen LogP contribution in [0.15, 0.2) is 6.07 Å². The smallest absolute Gasteiger partial charge is 0.358 e. The average Bonchev–Trinajstić information content (AvgIpc) is 1.96. The van der Waals surface area contributed by atoms with Crippen molar-refractivity contribution in [3.05, 3.63) is 21.9 Å². The fourth-order valence-electron chi connectivity index (χ4n) is 0.627. The SMILES string of the molecule is O=C(O)c1nc(Cl)cc(Cl)c1O. The molecule has 0 aromatic carbocycles. The second-order valence-corrected chi connectivity index (χ2v) is 2.72. The van der Waals surface area contributed by atoms with Crippen molar-refractivity contribution in [3.8, 4) is 5.75 Å². The molecule has 0 saturated carbocycles. The van der Waals surface area contributed by atoms with E-state index >= 15 is 0 Å². The number of hydrogen-bond donors (Lipinski definition) is 2. The molecule has 0 amide bonds. The summed E-state index contributed by atoms with van der Waals surface area (Å²) in [4.78, 5) is 13.8. The van der Waals surface area contributed by atoms with Crippen LogP contribution in [0.25, 0.3) is 0 Å². The predicted molar refractivity (Wildman–Crippen MR) is 42.9 cm³/mol. The monoisotopic (exact) mass is 207 g/mol. The standard InChI is InChI=1S/C6H3Cl2NO3/c7-2-1-3(8)9-4(5(2)10)6(11)12/h1,10H,(H,11,12). The molecule has 0 saturated heterocycles. The molecule has 2 N–H and O–H groups in total. The largest absolute Gasteiger partial charge is 0.504 e. The number of rotatable bonds is 1. The van der Waals surface area contributed by atoms with Crippen molar-refractivity contribution in [3.63, 3.8) is 0 Å². The maximum atomic E-state index is 10.4. The van der Waals surface area contributed by atoms with Gasteiger partial charge in [-0.2, -0.15) is 0 Å². The number of carboxylic acid groups (broad SMARTS) is 1. The highest BCUT2D eigenvalue weighted by molar-refractivity contribution is 6.35. The molecule has 64 valence electrons. The van der Waals surface area contributed by atoms with Crippen molar-refractivity contribution in [2.45, 2.75) is 0 Å². The Bertz CT molecular complexity index is 340. The van der Waals surface area contributed by atoms with E-state index < -0.39 is 17.4 Å². The van der Waals surface area contributed by atoms with Crippen molar-refractivity contribution in [1.29, 1.82) is 0 Å². The Morgan fingerprint density at radius 2 is 2.08 bits per heavy atom. The lowest BCUT2D eigenvalue weighted by Gasteiger charge is -2.00. The summed E-state index contributed by atoms with van der Waals surface area (Å²) in [5, 5.41) is 17.3. The van der Waals surface area contributed by atoms with Crippen LogP contribution >= 0.6 is 23.2 Å². The quantitative estimate of drug-likeness (QED) is 0.690. The fraction of sp³-hybridized carbons (Fsp3) is 0. The van der Waals surface area contributed by atoms with Crippen LogP contribution in [-0.4, -0.2) is 21.2 Å². The normalized spacial score (nSPS) is 9.83. The Labute approximate surface area is 77.4 Å². The molecule has 0 spiro atoms. The zero-order valence-electron chi connectivity index (χ0n) is 5.58. The Kier molecular flexibility index (Phi) is 2.40. The molecular formula is C6H3Cl2NO3. The first-order valence-corrected chi connectivity index (χ1v) is 3.56. The van der Waals surface area contributed by atoms with Gasteiger partial charge in [-0.25, -0.2) is 9.78 Å². The van der Waals surface area contributed by atoms with E-state index in [-0.39, 0.29) is 10.2 Å². The van der Waals surface area contributed by atoms with Gasteiger partial charge in [0.05, 0.1) is 5.02 Å². The van der Waals surface area contributed by atoms with Crippen LogP contribution in [0.4, 0.5) is 0 Å². The second kappa shape index (κ2) is 3.16. The molecule has 1 rings (SSSR count). The number of pyridine rings is 1. The minimum absolute atomic E-state index is 0.0739. The average molecular weight is 208 g/mol. The molecule has 12 heavy (non-hydrogen) atoms. The number of hydrogen-bond acceptors (Lipinski definition) is 3. The van der Waals surface area contributed by atoms with E-state index in [1.807, 2.05) is 0 Å². The van der Waals surface area contributed by atoms with Gasteiger partial charge < -0.3 is 10.2 Å². The Hall–Kier alpha value is -1.00. The van der Waals surface area contributed by atoms with E-state index in [0.29, 0.717) is 0 Å². The second-order valence-electron chi connectivity index (χ2n) is 1.93. The molecule has 0 aliphatic carbocycles. The van der Waals surface area contributed by atoms with E-state index in [2.05, 4.69) is 4.98 Å². The predicted octanol–water partition coefficient (Wildman–Crippen LogP) is 1.79. The molecular weight excluding hydrogens is 205 g/mol. The number of nitrogens with zero attached hydrogens (tertiary/aromatic N) is 1. The van der Waals surface area contributed by atoms with E-state index in [9.17, 15) is 4.79 Å². The minimum Gasteiger partial charge on any atom is -0.504 e. The van der Waals surface area contributed by atoms with E-state index in [0.717, 1.165) is 6.07 Å². The van der Waals surface area contributed by atoms with Crippen molar-refractivity contribution in [2.24, 2.45) is 0 Å². The van der Waals surface area contributed by atoms with E-state index in [1.165, 1.54) is 0 Å². The third-order valence-corrected chi connectivity index (χ3v) is 1.60. The van der Waals surface area contributed by atoms with E-state index in [4.69, 9.17) is 33.4 Å². The zero-order valence-corrected chi connectivity index (χ0v) is 7.10. The molecule has 0 unspecified atom stereocenters. The van der Waals surface area contributed by atoms with Gasteiger partial charge in [-0.3, -0.25) is 0 Å². The van der Waals surface area contributed by atoms with Crippen LogP contribution in [0.5, 0.6) is 5.75 Å². The highest BCUT2D eigenvalue weighted by Crippen LogP contribution is 2.28. The molecule has 0 aliphatic heterocycles. The van der Waals surface area contributed by atoms with Gasteiger partial charge in [0.15, 0.2) is 11.4 Å². The van der Waals surface area contributed by atoms with Crippen molar-refractivity contribution in [1.82, 2.24) is 4.98 Å². The highest BCUT2D eigenvalue weighted by Gasteiger charge is 2.15. The Morgan fingerprint density at radius 1 is 1.50 bits per heavy atom. The van der Waals surface area contributed by atoms with Gasteiger partial charge in [-0.1, -0.05) is 23.2 Å². The summed E-state index contributed by atoms with van der Waals surface area (Å²) in [7, 11) is 0. The van der Waals surface area contributed by atoms with Gasteiger partial charge in [0.2, 0.25) is 0 Å². The van der Waals surface area contributed by atoms with Crippen LogP contribution in [0.2, 0.25) is 10.2 Å². The first-order chi connectivity index (χ1) is 5.52. The Balaban J connectivity index is 3.37. The number of aromatic hydroxyl groups is 1. The molecule has 0 fully saturated rings. The molecule has 4 nitrogen and oxygen atoms in total. The van der Waals surface area contributed by atoms with Crippen LogP contribution in [-0.2, 0) is 0 Å². The summed E-state index contributed by atoms with van der Waals surface area (Å²) < 4.78 is 0. The van der Waals surface area contributed by atoms with Crippen molar-refractivity contribution >= 4 is 29.2 Å². The number of aromatic nitrogens is 1. The summed E-state index contributed by atoms with van der Waals surface area (Å²) in [5.41, 5.74) is -0.549. The lowest BCUT2D eigenvalue weighted by Crippen LogP contribution is -2.00. The third kappa shape index (κ3) is 1.60. The molecule has 0 bridgehead atoms. The maximum absolute atomic E-state index is 10.4. The van der Waals surface area contributed by atoms with Gasteiger partial charge in [0.25, 0.3) is 0 Å². The summed E-state index contributed by atoms with van der Waals surface area (Å²) >= 11 is 10.8. The highest BCUT2D eigenvalue weighted by atomic mass is 35.5. The van der Waals surface area contributed by atoms with Crippen molar-refractivity contribution in [2.75, 3.05) is 0 Å². The van der Waals surface area contributed by atoms with Crippen LogP contribution in [0, 0.1) is 0 Å². The fourth-order valence-corrected chi connectivity index (χ4v) is 1.07. The molecule has 1 aromatic rings.